The van der Waals surface area contributed by atoms with Crippen LogP contribution in [0.4, 0.5) is 0 Å². The molecule has 0 saturated heterocycles. The van der Waals surface area contributed by atoms with Crippen LogP contribution in [-0.4, -0.2) is 0 Å². The van der Waals surface area contributed by atoms with Gasteiger partial charge in [0, 0.05) is 5.41 Å². The lowest BCUT2D eigenvalue weighted by Crippen LogP contribution is -2.15. The predicted octanol–water partition coefficient (Wildman–Crippen LogP) is 13.6. The van der Waals surface area contributed by atoms with E-state index in [1.807, 2.05) is 0 Å². The molecule has 0 unspecified atom stereocenters. The number of rotatable bonds is 4. The lowest BCUT2D eigenvalue weighted by Gasteiger charge is -2.23. The molecule has 49 heavy (non-hydrogen) atoms. The van der Waals surface area contributed by atoms with Gasteiger partial charge in [-0.1, -0.05) is 135 Å². The van der Waals surface area contributed by atoms with Crippen LogP contribution >= 0.6 is 0 Å². The first-order valence-electron chi connectivity index (χ1n) is 17.2. The van der Waals surface area contributed by atoms with Crippen molar-refractivity contribution in [2.45, 2.75) is 19.3 Å². The minimum atomic E-state index is -0.127. The van der Waals surface area contributed by atoms with Gasteiger partial charge in [0.05, 0.1) is 0 Å². The summed E-state index contributed by atoms with van der Waals surface area (Å²) in [5.41, 5.74) is 12.7. The van der Waals surface area contributed by atoms with E-state index < -0.39 is 0 Å². The predicted molar refractivity (Wildman–Crippen MR) is 210 cm³/mol. The third kappa shape index (κ3) is 4.45. The van der Waals surface area contributed by atoms with Crippen molar-refractivity contribution in [1.29, 1.82) is 0 Å². The summed E-state index contributed by atoms with van der Waals surface area (Å²) in [4.78, 5) is 0. The van der Waals surface area contributed by atoms with Gasteiger partial charge in [-0.05, 0) is 147 Å². The summed E-state index contributed by atoms with van der Waals surface area (Å²) < 4.78 is 0. The fraction of sp³-hybridized carbons (Fsp3) is 0.0612. The summed E-state index contributed by atoms with van der Waals surface area (Å²) in [6, 6.07) is 63.2. The van der Waals surface area contributed by atoms with Gasteiger partial charge >= 0.3 is 0 Å². The smallest absolute Gasteiger partial charge is 0.0159 e. The molecule has 0 saturated carbocycles. The molecule has 0 amide bonds. The van der Waals surface area contributed by atoms with E-state index in [-0.39, 0.29) is 5.41 Å². The van der Waals surface area contributed by atoms with Crippen LogP contribution in [0.3, 0.4) is 0 Å². The third-order valence-corrected chi connectivity index (χ3v) is 10.9. The van der Waals surface area contributed by atoms with E-state index in [0.717, 1.165) is 0 Å². The molecule has 10 rings (SSSR count). The van der Waals surface area contributed by atoms with E-state index in [2.05, 4.69) is 184 Å². The van der Waals surface area contributed by atoms with Crippen LogP contribution in [0.25, 0.3) is 87.6 Å². The average molecular weight is 623 g/mol. The van der Waals surface area contributed by atoms with Gasteiger partial charge in [-0.25, -0.2) is 0 Å². The molecule has 0 nitrogen and oxygen atoms in total. The fourth-order valence-electron chi connectivity index (χ4n) is 8.29. The highest BCUT2D eigenvalue weighted by atomic mass is 14.4. The maximum absolute atomic E-state index is 2.46. The van der Waals surface area contributed by atoms with Crippen molar-refractivity contribution >= 4 is 43.1 Å². The highest BCUT2D eigenvalue weighted by molar-refractivity contribution is 6.16. The normalized spacial score (nSPS) is 13.3. The summed E-state index contributed by atoms with van der Waals surface area (Å²) in [6.45, 7) is 4.81. The Labute approximate surface area is 286 Å². The minimum absolute atomic E-state index is 0.127. The first-order valence-corrected chi connectivity index (χ1v) is 17.2. The summed E-state index contributed by atoms with van der Waals surface area (Å²) in [7, 11) is 0. The molecule has 0 aromatic heterocycles. The molecule has 0 aliphatic heterocycles. The standard InChI is InChI=1S/C49H34/c1-49(2)45-29-43(37-15-7-13-35(25-37)39-19-17-31-9-3-5-11-33(31)23-39)27-41-21-22-42-28-44(30-46(49)48(42)47(41)45)38-16-8-14-36(26-38)40-20-18-32-10-4-6-12-34(32)24-40/h3-30H,1-2H3. The van der Waals surface area contributed by atoms with Crippen LogP contribution in [0.1, 0.15) is 25.0 Å². The molecule has 0 spiro atoms. The first kappa shape index (κ1) is 28.1. The molecule has 0 fully saturated rings. The second-order valence-corrected chi connectivity index (χ2v) is 14.2. The van der Waals surface area contributed by atoms with E-state index >= 15 is 0 Å². The van der Waals surface area contributed by atoms with Crippen LogP contribution in [0.5, 0.6) is 0 Å². The molecule has 1 aliphatic carbocycles. The molecule has 0 heteroatoms. The van der Waals surface area contributed by atoms with Crippen LogP contribution < -0.4 is 0 Å². The molecule has 0 N–H and O–H groups in total. The zero-order valence-electron chi connectivity index (χ0n) is 27.7. The van der Waals surface area contributed by atoms with E-state index in [0.29, 0.717) is 0 Å². The molecule has 9 aromatic carbocycles. The van der Waals surface area contributed by atoms with Gasteiger partial charge in [-0.2, -0.15) is 0 Å². The zero-order valence-corrected chi connectivity index (χ0v) is 27.7. The molecule has 9 aromatic rings. The molecule has 0 bridgehead atoms. The van der Waals surface area contributed by atoms with Gasteiger partial charge in [0.2, 0.25) is 0 Å². The fourth-order valence-corrected chi connectivity index (χ4v) is 8.29. The molecule has 1 aliphatic rings. The Kier molecular flexibility index (Phi) is 6.02. The van der Waals surface area contributed by atoms with Gasteiger partial charge < -0.3 is 0 Å². The van der Waals surface area contributed by atoms with E-state index in [1.165, 1.54) is 98.7 Å². The SMILES string of the molecule is CC1(C)c2cc(-c3cccc(-c4ccc5ccccc5c4)c3)cc3ccc4cc(-c5cccc(-c6ccc7ccccc7c6)c5)cc1c4c23. The number of hydrogen-bond donors (Lipinski definition) is 0. The Morgan fingerprint density at radius 2 is 0.612 bits per heavy atom. The molecule has 0 atom stereocenters. The zero-order chi connectivity index (χ0) is 32.7. The number of hydrogen-bond acceptors (Lipinski definition) is 0. The van der Waals surface area contributed by atoms with Crippen molar-refractivity contribution < 1.29 is 0 Å². The highest BCUT2D eigenvalue weighted by Gasteiger charge is 2.35. The summed E-state index contributed by atoms with van der Waals surface area (Å²) in [5, 5.41) is 10.5. The summed E-state index contributed by atoms with van der Waals surface area (Å²) in [6.07, 6.45) is 0. The molecular formula is C49H34. The summed E-state index contributed by atoms with van der Waals surface area (Å²) in [5.74, 6) is 0. The lowest BCUT2D eigenvalue weighted by atomic mass is 9.80. The second-order valence-electron chi connectivity index (χ2n) is 14.2. The van der Waals surface area contributed by atoms with Gasteiger partial charge in [0.1, 0.15) is 0 Å². The third-order valence-electron chi connectivity index (χ3n) is 10.9. The molecule has 0 radical (unpaired) electrons. The Morgan fingerprint density at radius 1 is 0.265 bits per heavy atom. The number of benzene rings is 9. The largest absolute Gasteiger partial charge is 0.0616 e. The molecule has 0 heterocycles. The van der Waals surface area contributed by atoms with E-state index in [1.54, 1.807) is 0 Å². The van der Waals surface area contributed by atoms with Crippen molar-refractivity contribution in [3.05, 3.63) is 181 Å². The quantitative estimate of drug-likeness (QED) is 0.171. The Balaban J connectivity index is 1.06. The van der Waals surface area contributed by atoms with Crippen LogP contribution in [-0.2, 0) is 5.41 Å². The average Bonchev–Trinajstić information content (AvgIpc) is 3.39. The van der Waals surface area contributed by atoms with Crippen molar-refractivity contribution in [1.82, 2.24) is 0 Å². The monoisotopic (exact) mass is 622 g/mol. The maximum atomic E-state index is 2.46. The van der Waals surface area contributed by atoms with Crippen LogP contribution in [0.15, 0.2) is 170 Å². The van der Waals surface area contributed by atoms with Crippen molar-refractivity contribution in [2.75, 3.05) is 0 Å². The maximum Gasteiger partial charge on any atom is 0.0159 e. The van der Waals surface area contributed by atoms with Crippen molar-refractivity contribution in [3.63, 3.8) is 0 Å². The second kappa shape index (κ2) is 10.5. The van der Waals surface area contributed by atoms with Crippen molar-refractivity contribution in [2.24, 2.45) is 0 Å². The van der Waals surface area contributed by atoms with E-state index in [9.17, 15) is 0 Å². The highest BCUT2D eigenvalue weighted by Crippen LogP contribution is 2.51. The van der Waals surface area contributed by atoms with E-state index in [4.69, 9.17) is 0 Å². The minimum Gasteiger partial charge on any atom is -0.0616 e. The Bertz CT molecular complexity index is 2600. The van der Waals surface area contributed by atoms with Crippen LogP contribution in [0.2, 0.25) is 0 Å². The lowest BCUT2D eigenvalue weighted by molar-refractivity contribution is 0.663. The topological polar surface area (TPSA) is 0 Å². The van der Waals surface area contributed by atoms with Gasteiger partial charge in [0.25, 0.3) is 0 Å². The Hall–Kier alpha value is -5.98. The summed E-state index contributed by atoms with van der Waals surface area (Å²) >= 11 is 0. The first-order chi connectivity index (χ1) is 24.0. The van der Waals surface area contributed by atoms with Crippen molar-refractivity contribution in [3.8, 4) is 44.5 Å². The van der Waals surface area contributed by atoms with Gasteiger partial charge in [-0.15, -0.1) is 0 Å². The molecule has 230 valence electrons. The van der Waals surface area contributed by atoms with Gasteiger partial charge in [-0.3, -0.25) is 0 Å². The number of fused-ring (bicyclic) bond motifs is 2. The molecular weight excluding hydrogens is 589 g/mol. The van der Waals surface area contributed by atoms with Crippen LogP contribution in [0, 0.1) is 0 Å². The van der Waals surface area contributed by atoms with Gasteiger partial charge in [0.15, 0.2) is 0 Å². The Morgan fingerprint density at radius 3 is 1.06 bits per heavy atom.